The lowest BCUT2D eigenvalue weighted by molar-refractivity contribution is -0.136. The van der Waals surface area contributed by atoms with Crippen molar-refractivity contribution in [3.63, 3.8) is 0 Å². The summed E-state index contributed by atoms with van der Waals surface area (Å²) in [4.78, 5) is 23.0. The van der Waals surface area contributed by atoms with E-state index in [0.717, 1.165) is 25.7 Å². The van der Waals surface area contributed by atoms with E-state index in [4.69, 9.17) is 5.11 Å². The Hall–Kier alpha value is -0.910. The molecule has 6 heteroatoms. The molecule has 0 radical (unpaired) electrons. The molecule has 0 aromatic rings. The molecule has 1 amide bonds. The lowest BCUT2D eigenvalue weighted by Crippen LogP contribution is -2.45. The van der Waals surface area contributed by atoms with Crippen LogP contribution >= 0.6 is 0 Å². The van der Waals surface area contributed by atoms with Crippen molar-refractivity contribution in [2.75, 3.05) is 0 Å². The number of aliphatic carboxylic acids is 1. The summed E-state index contributed by atoms with van der Waals surface area (Å²) in [6.45, 7) is 3.21. The second kappa shape index (κ2) is 7.62. The number of hydrogen-bond acceptors (Lipinski definition) is 3. The van der Waals surface area contributed by atoms with Crippen molar-refractivity contribution in [3.05, 3.63) is 0 Å². The van der Waals surface area contributed by atoms with Gasteiger partial charge in [-0.2, -0.15) is 0 Å². The molecule has 110 valence electrons. The van der Waals surface area contributed by atoms with Gasteiger partial charge in [0.05, 0.1) is 0 Å². The Morgan fingerprint density at radius 2 is 1.89 bits per heavy atom. The average molecular weight is 289 g/mol. The molecule has 0 aromatic heterocycles. The van der Waals surface area contributed by atoms with Gasteiger partial charge in [0.25, 0.3) is 0 Å². The van der Waals surface area contributed by atoms with E-state index in [2.05, 4.69) is 5.32 Å². The summed E-state index contributed by atoms with van der Waals surface area (Å²) in [5.74, 6) is -1.39. The third-order valence-electron chi connectivity index (χ3n) is 3.60. The maximum Gasteiger partial charge on any atom is 0.319 e. The van der Waals surface area contributed by atoms with E-state index in [0.29, 0.717) is 0 Å². The standard InChI is InChI=1S/C13H23NO4S/c1-3-11(13(16)17)19(18)9(2)12(15)14-10-7-5-4-6-8-10/h9-11H,3-8H2,1-2H3,(H,14,15)(H,16,17). The van der Waals surface area contributed by atoms with Crippen molar-refractivity contribution in [2.45, 2.75) is 68.9 Å². The SMILES string of the molecule is CCC(C(=O)O)S(=O)C(C)C(=O)NC1CCCCC1. The second-order valence-electron chi connectivity index (χ2n) is 5.05. The zero-order chi connectivity index (χ0) is 14.4. The van der Waals surface area contributed by atoms with Crippen molar-refractivity contribution in [1.82, 2.24) is 5.32 Å². The number of carbonyl (C=O) groups excluding carboxylic acids is 1. The summed E-state index contributed by atoms with van der Waals surface area (Å²) < 4.78 is 12.1. The summed E-state index contributed by atoms with van der Waals surface area (Å²) >= 11 is 0. The molecule has 1 aliphatic rings. The predicted octanol–water partition coefficient (Wildman–Crippen LogP) is 1.44. The number of carboxylic acid groups (broad SMARTS) is 1. The smallest absolute Gasteiger partial charge is 0.319 e. The zero-order valence-corrected chi connectivity index (χ0v) is 12.4. The molecule has 1 saturated carbocycles. The van der Waals surface area contributed by atoms with Crippen LogP contribution in [0.1, 0.15) is 52.4 Å². The van der Waals surface area contributed by atoms with Gasteiger partial charge in [-0.1, -0.05) is 26.2 Å². The van der Waals surface area contributed by atoms with Crippen LogP contribution in [0.3, 0.4) is 0 Å². The highest BCUT2D eigenvalue weighted by Crippen LogP contribution is 2.18. The third kappa shape index (κ3) is 4.60. The minimum Gasteiger partial charge on any atom is -0.480 e. The van der Waals surface area contributed by atoms with Crippen LogP contribution in [0.5, 0.6) is 0 Å². The molecule has 0 heterocycles. The number of amides is 1. The van der Waals surface area contributed by atoms with Crippen LogP contribution in [0.15, 0.2) is 0 Å². The first kappa shape index (κ1) is 16.1. The van der Waals surface area contributed by atoms with Gasteiger partial charge < -0.3 is 10.4 Å². The van der Waals surface area contributed by atoms with E-state index in [-0.39, 0.29) is 18.4 Å². The van der Waals surface area contributed by atoms with E-state index < -0.39 is 27.3 Å². The molecule has 0 saturated heterocycles. The molecule has 0 bridgehead atoms. The van der Waals surface area contributed by atoms with Crippen molar-refractivity contribution in [3.8, 4) is 0 Å². The lowest BCUT2D eigenvalue weighted by atomic mass is 9.95. The number of rotatable bonds is 6. The van der Waals surface area contributed by atoms with Crippen LogP contribution in [0.25, 0.3) is 0 Å². The average Bonchev–Trinajstić information content (AvgIpc) is 2.39. The van der Waals surface area contributed by atoms with Crippen molar-refractivity contribution in [1.29, 1.82) is 0 Å². The molecular weight excluding hydrogens is 266 g/mol. The maximum atomic E-state index is 12.1. The van der Waals surface area contributed by atoms with Crippen LogP contribution < -0.4 is 5.32 Å². The van der Waals surface area contributed by atoms with Gasteiger partial charge in [0, 0.05) is 16.8 Å². The van der Waals surface area contributed by atoms with Gasteiger partial charge in [0.1, 0.15) is 10.5 Å². The summed E-state index contributed by atoms with van der Waals surface area (Å²) in [6.07, 6.45) is 5.60. The number of carbonyl (C=O) groups is 2. The fraction of sp³-hybridized carbons (Fsp3) is 0.846. The zero-order valence-electron chi connectivity index (χ0n) is 11.6. The fourth-order valence-corrected chi connectivity index (χ4v) is 3.65. The molecule has 0 aliphatic heterocycles. The summed E-state index contributed by atoms with van der Waals surface area (Å²) in [6, 6.07) is 0.158. The molecule has 3 unspecified atom stereocenters. The maximum absolute atomic E-state index is 12.1. The molecule has 5 nitrogen and oxygen atoms in total. The van der Waals surface area contributed by atoms with Crippen LogP contribution in [0.2, 0.25) is 0 Å². The van der Waals surface area contributed by atoms with Crippen molar-refractivity contribution in [2.24, 2.45) is 0 Å². The van der Waals surface area contributed by atoms with Crippen molar-refractivity contribution >= 4 is 22.7 Å². The quantitative estimate of drug-likeness (QED) is 0.775. The molecular formula is C13H23NO4S. The molecule has 2 N–H and O–H groups in total. The van der Waals surface area contributed by atoms with Gasteiger partial charge in [-0.15, -0.1) is 0 Å². The monoisotopic (exact) mass is 289 g/mol. The topological polar surface area (TPSA) is 83.5 Å². The third-order valence-corrected chi connectivity index (χ3v) is 5.60. The molecule has 0 spiro atoms. The van der Waals surface area contributed by atoms with Gasteiger partial charge in [0.2, 0.25) is 5.91 Å². The van der Waals surface area contributed by atoms with Crippen molar-refractivity contribution < 1.29 is 18.9 Å². The van der Waals surface area contributed by atoms with Gasteiger partial charge in [0.15, 0.2) is 0 Å². The number of hydrogen-bond donors (Lipinski definition) is 2. The summed E-state index contributed by atoms with van der Waals surface area (Å²) in [5.41, 5.74) is 0. The Kier molecular flexibility index (Phi) is 6.48. The second-order valence-corrected chi connectivity index (χ2v) is 6.98. The molecule has 3 atom stereocenters. The van der Waals surface area contributed by atoms with E-state index in [1.807, 2.05) is 0 Å². The first-order valence-electron chi connectivity index (χ1n) is 6.90. The van der Waals surface area contributed by atoms with Gasteiger partial charge >= 0.3 is 5.97 Å². The Morgan fingerprint density at radius 1 is 1.32 bits per heavy atom. The Balaban J connectivity index is 2.55. The summed E-state index contributed by atoms with van der Waals surface area (Å²) in [5, 5.41) is 10.1. The highest BCUT2D eigenvalue weighted by Gasteiger charge is 2.31. The van der Waals surface area contributed by atoms with Crippen LogP contribution in [-0.2, 0) is 20.4 Å². The first-order chi connectivity index (χ1) is 8.97. The first-order valence-corrected chi connectivity index (χ1v) is 8.17. The molecule has 1 rings (SSSR count). The minimum atomic E-state index is -1.68. The molecule has 19 heavy (non-hydrogen) atoms. The van der Waals surface area contributed by atoms with E-state index >= 15 is 0 Å². The van der Waals surface area contributed by atoms with E-state index in [1.165, 1.54) is 6.42 Å². The molecule has 1 fully saturated rings. The van der Waals surface area contributed by atoms with Gasteiger partial charge in [-0.05, 0) is 26.2 Å². The van der Waals surface area contributed by atoms with Crippen LogP contribution in [0.4, 0.5) is 0 Å². The molecule has 0 aromatic carbocycles. The lowest BCUT2D eigenvalue weighted by Gasteiger charge is -2.25. The van der Waals surface area contributed by atoms with E-state index in [1.54, 1.807) is 13.8 Å². The Bertz CT molecular complexity index is 353. The Labute approximate surface area is 116 Å². The normalized spacial score (nSPS) is 21.4. The number of carboxylic acids is 1. The highest BCUT2D eigenvalue weighted by molar-refractivity contribution is 7.87. The van der Waals surface area contributed by atoms with Gasteiger partial charge in [-0.25, -0.2) is 0 Å². The summed E-state index contributed by atoms with van der Waals surface area (Å²) in [7, 11) is -1.68. The Morgan fingerprint density at radius 3 is 2.37 bits per heavy atom. The van der Waals surface area contributed by atoms with Gasteiger partial charge in [-0.3, -0.25) is 13.8 Å². The van der Waals surface area contributed by atoms with E-state index in [9.17, 15) is 13.8 Å². The minimum absolute atomic E-state index is 0.158. The van der Waals surface area contributed by atoms with Crippen LogP contribution in [-0.4, -0.2) is 37.7 Å². The highest BCUT2D eigenvalue weighted by atomic mass is 32.2. The number of nitrogens with one attached hydrogen (secondary N) is 1. The van der Waals surface area contributed by atoms with Crippen LogP contribution in [0, 0.1) is 0 Å². The molecule has 1 aliphatic carbocycles. The fourth-order valence-electron chi connectivity index (χ4n) is 2.36. The predicted molar refractivity (Wildman–Crippen MR) is 74.3 cm³/mol. The largest absolute Gasteiger partial charge is 0.480 e.